The summed E-state index contributed by atoms with van der Waals surface area (Å²) >= 11 is 0. The predicted molar refractivity (Wildman–Crippen MR) is 129 cm³/mol. The summed E-state index contributed by atoms with van der Waals surface area (Å²) in [5.74, 6) is -0.480. The summed E-state index contributed by atoms with van der Waals surface area (Å²) in [5, 5.41) is 9.05. The van der Waals surface area contributed by atoms with Gasteiger partial charge in [0.05, 0.1) is 38.4 Å². The minimum absolute atomic E-state index is 0.00283. The number of ether oxygens (including phenoxy) is 3. The molecule has 1 N–H and O–H groups in total. The number of hydrogen-bond acceptors (Lipinski definition) is 4. The van der Waals surface area contributed by atoms with Gasteiger partial charge in [-0.05, 0) is 41.4 Å². The topological polar surface area (TPSA) is 65.0 Å². The van der Waals surface area contributed by atoms with Crippen molar-refractivity contribution in [2.45, 2.75) is 113 Å². The highest BCUT2D eigenvalue weighted by Crippen LogP contribution is 2.45. The number of aliphatic carboxylic acids is 1. The molecule has 0 aromatic rings. The van der Waals surface area contributed by atoms with Crippen LogP contribution in [0.1, 0.15) is 101 Å². The monoisotopic (exact) mass is 444 g/mol. The number of carboxylic acid groups (broad SMARTS) is 1. The summed E-state index contributed by atoms with van der Waals surface area (Å²) in [6.07, 6.45) is 5.19. The Labute approximate surface area is 192 Å². The van der Waals surface area contributed by atoms with Crippen LogP contribution >= 0.6 is 0 Å². The van der Waals surface area contributed by atoms with E-state index in [1.807, 2.05) is 0 Å². The maximum Gasteiger partial charge on any atom is 0.305 e. The first-order valence-electron chi connectivity index (χ1n) is 12.2. The fourth-order valence-electron chi connectivity index (χ4n) is 3.95. The van der Waals surface area contributed by atoms with Gasteiger partial charge < -0.3 is 19.3 Å². The van der Waals surface area contributed by atoms with E-state index < -0.39 is 5.97 Å². The summed E-state index contributed by atoms with van der Waals surface area (Å²) in [6.45, 7) is 21.9. The maximum atomic E-state index is 11.0. The zero-order valence-corrected chi connectivity index (χ0v) is 22.2. The van der Waals surface area contributed by atoms with Crippen molar-refractivity contribution in [2.75, 3.05) is 26.9 Å². The van der Waals surface area contributed by atoms with Gasteiger partial charge in [-0.2, -0.15) is 0 Å². The van der Waals surface area contributed by atoms with Crippen LogP contribution in [0.15, 0.2) is 0 Å². The Morgan fingerprint density at radius 3 is 1.94 bits per heavy atom. The molecule has 0 aliphatic carbocycles. The lowest BCUT2D eigenvalue weighted by atomic mass is 9.64. The Hall–Kier alpha value is -0.650. The van der Waals surface area contributed by atoms with Crippen LogP contribution in [0.25, 0.3) is 0 Å². The molecule has 0 rings (SSSR count). The van der Waals surface area contributed by atoms with E-state index in [9.17, 15) is 4.79 Å². The summed E-state index contributed by atoms with van der Waals surface area (Å²) in [6, 6.07) is 0. The lowest BCUT2D eigenvalue weighted by Crippen LogP contribution is -2.44. The third kappa shape index (κ3) is 10.7. The van der Waals surface area contributed by atoms with Crippen molar-refractivity contribution in [3.63, 3.8) is 0 Å². The first-order valence-corrected chi connectivity index (χ1v) is 12.2. The molecule has 0 aliphatic heterocycles. The number of carboxylic acids is 1. The van der Waals surface area contributed by atoms with Crippen LogP contribution in [0.2, 0.25) is 0 Å². The summed E-state index contributed by atoms with van der Waals surface area (Å²) in [5.41, 5.74) is 0.201. The molecule has 0 bridgehead atoms. The van der Waals surface area contributed by atoms with Gasteiger partial charge in [-0.25, -0.2) is 0 Å². The lowest BCUT2D eigenvalue weighted by molar-refractivity contribution is -0.140. The zero-order valence-electron chi connectivity index (χ0n) is 22.2. The molecule has 0 fully saturated rings. The Balaban J connectivity index is 5.68. The van der Waals surface area contributed by atoms with Crippen molar-refractivity contribution in [3.8, 4) is 0 Å². The van der Waals surface area contributed by atoms with Crippen molar-refractivity contribution < 1.29 is 24.1 Å². The van der Waals surface area contributed by atoms with Gasteiger partial charge in [0.15, 0.2) is 0 Å². The number of rotatable bonds is 18. The molecular formula is C26H52O5. The van der Waals surface area contributed by atoms with Gasteiger partial charge in [-0.15, -0.1) is 0 Å². The Kier molecular flexibility index (Phi) is 13.5. The average molecular weight is 445 g/mol. The second-order valence-corrected chi connectivity index (χ2v) is 11.0. The molecule has 4 atom stereocenters. The molecule has 4 unspecified atom stereocenters. The standard InChI is InChI=1S/C26H52O5/c1-11-24(5,6)18-21(30-17-16-29-10)20(4)26(9,13-3)19-22(25(7,8)12-2)31-15-14-23(27)28/h20-22H,11-19H2,1-10H3,(H,27,28). The SMILES string of the molecule is CCC(C)(C)CC(OCCOC)C(C)C(C)(CC)CC(OCCC(=O)O)C(C)(C)CC. The number of hydrogen-bond donors (Lipinski definition) is 1. The zero-order chi connectivity index (χ0) is 24.3. The molecule has 5 heteroatoms. The van der Waals surface area contributed by atoms with E-state index in [-0.39, 0.29) is 41.5 Å². The van der Waals surface area contributed by atoms with Gasteiger partial charge in [0, 0.05) is 7.11 Å². The molecule has 0 amide bonds. The van der Waals surface area contributed by atoms with Crippen LogP contribution in [-0.2, 0) is 19.0 Å². The van der Waals surface area contributed by atoms with Crippen molar-refractivity contribution in [1.82, 2.24) is 0 Å². The molecule has 0 spiro atoms. The van der Waals surface area contributed by atoms with Gasteiger partial charge in [0.2, 0.25) is 0 Å². The third-order valence-electron chi connectivity index (χ3n) is 7.86. The van der Waals surface area contributed by atoms with Gasteiger partial charge in [0.1, 0.15) is 0 Å². The molecule has 186 valence electrons. The maximum absolute atomic E-state index is 11.0. The fraction of sp³-hybridized carbons (Fsp3) is 0.962. The predicted octanol–water partition coefficient (Wildman–Crippen LogP) is 6.58. The van der Waals surface area contributed by atoms with Gasteiger partial charge in [-0.3, -0.25) is 4.79 Å². The molecule has 5 nitrogen and oxygen atoms in total. The highest BCUT2D eigenvalue weighted by Gasteiger charge is 2.42. The quantitative estimate of drug-likeness (QED) is 0.242. The third-order valence-corrected chi connectivity index (χ3v) is 7.86. The molecule has 0 saturated carbocycles. The average Bonchev–Trinajstić information content (AvgIpc) is 2.71. The Morgan fingerprint density at radius 2 is 1.48 bits per heavy atom. The number of methoxy groups -OCH3 is 1. The largest absolute Gasteiger partial charge is 0.481 e. The van der Waals surface area contributed by atoms with Crippen molar-refractivity contribution in [3.05, 3.63) is 0 Å². The van der Waals surface area contributed by atoms with Crippen LogP contribution in [0.3, 0.4) is 0 Å². The highest BCUT2D eigenvalue weighted by molar-refractivity contribution is 5.66. The van der Waals surface area contributed by atoms with Crippen molar-refractivity contribution in [1.29, 1.82) is 0 Å². The van der Waals surface area contributed by atoms with Gasteiger partial charge in [0.25, 0.3) is 0 Å². The molecule has 0 aliphatic rings. The summed E-state index contributed by atoms with van der Waals surface area (Å²) in [7, 11) is 1.71. The normalized spacial score (nSPS) is 17.7. The van der Waals surface area contributed by atoms with E-state index in [0.29, 0.717) is 19.1 Å². The van der Waals surface area contributed by atoms with E-state index in [1.165, 1.54) is 0 Å². The minimum Gasteiger partial charge on any atom is -0.481 e. The van der Waals surface area contributed by atoms with Crippen LogP contribution in [0.5, 0.6) is 0 Å². The molecule has 0 heterocycles. The lowest BCUT2D eigenvalue weighted by Gasteiger charge is -2.46. The first-order chi connectivity index (χ1) is 14.3. The Morgan fingerprint density at radius 1 is 0.871 bits per heavy atom. The summed E-state index contributed by atoms with van der Waals surface area (Å²) in [4.78, 5) is 11.0. The van der Waals surface area contributed by atoms with E-state index in [1.54, 1.807) is 7.11 Å². The molecule has 0 radical (unpaired) electrons. The van der Waals surface area contributed by atoms with E-state index in [4.69, 9.17) is 19.3 Å². The first kappa shape index (κ1) is 30.4. The van der Waals surface area contributed by atoms with E-state index >= 15 is 0 Å². The van der Waals surface area contributed by atoms with Crippen molar-refractivity contribution >= 4 is 5.97 Å². The summed E-state index contributed by atoms with van der Waals surface area (Å²) < 4.78 is 17.8. The smallest absolute Gasteiger partial charge is 0.305 e. The van der Waals surface area contributed by atoms with E-state index in [0.717, 1.165) is 32.1 Å². The van der Waals surface area contributed by atoms with Gasteiger partial charge in [-0.1, -0.05) is 75.2 Å². The van der Waals surface area contributed by atoms with Crippen LogP contribution < -0.4 is 0 Å². The number of carbonyl (C=O) groups is 1. The minimum atomic E-state index is -0.812. The second-order valence-electron chi connectivity index (χ2n) is 11.0. The molecule has 31 heavy (non-hydrogen) atoms. The molecule has 0 aromatic heterocycles. The fourth-order valence-corrected chi connectivity index (χ4v) is 3.95. The Bertz CT molecular complexity index is 502. The highest BCUT2D eigenvalue weighted by atomic mass is 16.5. The van der Waals surface area contributed by atoms with Crippen LogP contribution in [0, 0.1) is 22.2 Å². The van der Waals surface area contributed by atoms with E-state index in [2.05, 4.69) is 62.3 Å². The molecular weight excluding hydrogens is 392 g/mol. The molecule has 0 saturated heterocycles. The van der Waals surface area contributed by atoms with Crippen LogP contribution in [-0.4, -0.2) is 50.2 Å². The van der Waals surface area contributed by atoms with Gasteiger partial charge >= 0.3 is 5.97 Å². The molecule has 0 aromatic carbocycles. The second kappa shape index (κ2) is 13.8. The van der Waals surface area contributed by atoms with Crippen molar-refractivity contribution in [2.24, 2.45) is 22.2 Å². The van der Waals surface area contributed by atoms with Crippen LogP contribution in [0.4, 0.5) is 0 Å².